The molecule has 3 rings (SSSR count). The van der Waals surface area contributed by atoms with Crippen molar-refractivity contribution in [3.8, 4) is 0 Å². The summed E-state index contributed by atoms with van der Waals surface area (Å²) in [6.07, 6.45) is 5.31. The Labute approximate surface area is 125 Å². The zero-order valence-electron chi connectivity index (χ0n) is 12.5. The van der Waals surface area contributed by atoms with Crippen molar-refractivity contribution in [1.82, 2.24) is 9.88 Å². The Balaban J connectivity index is 1.62. The molecule has 0 aromatic carbocycles. The largest absolute Gasteiger partial charge is 0.375 e. The van der Waals surface area contributed by atoms with Gasteiger partial charge >= 0.3 is 0 Å². The number of nitrogens with zero attached hydrogens (tertiary/aromatic N) is 2. The van der Waals surface area contributed by atoms with Gasteiger partial charge in [-0.1, -0.05) is 6.92 Å². The molecular formula is C16H24FN3O. The van der Waals surface area contributed by atoms with Crippen molar-refractivity contribution in [2.45, 2.75) is 44.4 Å². The molecule has 1 aromatic heterocycles. The molecule has 4 nitrogen and oxygen atoms in total. The van der Waals surface area contributed by atoms with Crippen LogP contribution < -0.4 is 5.73 Å². The Hall–Kier alpha value is -1.04. The molecule has 1 aromatic rings. The summed E-state index contributed by atoms with van der Waals surface area (Å²) >= 11 is 0. The van der Waals surface area contributed by atoms with E-state index in [0.717, 1.165) is 25.4 Å². The van der Waals surface area contributed by atoms with Gasteiger partial charge in [0.15, 0.2) is 0 Å². The molecule has 0 amide bonds. The van der Waals surface area contributed by atoms with Gasteiger partial charge in [0.1, 0.15) is 5.82 Å². The number of hydrogen-bond donors (Lipinski definition) is 1. The number of pyridine rings is 1. The fraction of sp³-hybridized carbons (Fsp3) is 0.688. The predicted octanol–water partition coefficient (Wildman–Crippen LogP) is 2.11. The van der Waals surface area contributed by atoms with Gasteiger partial charge in [0.2, 0.25) is 0 Å². The van der Waals surface area contributed by atoms with E-state index in [1.165, 1.54) is 31.5 Å². The van der Waals surface area contributed by atoms with Crippen LogP contribution in [0.5, 0.6) is 0 Å². The maximum atomic E-state index is 12.9. The molecule has 1 aliphatic heterocycles. The van der Waals surface area contributed by atoms with E-state index in [1.807, 2.05) is 0 Å². The van der Waals surface area contributed by atoms with Gasteiger partial charge in [-0.15, -0.1) is 0 Å². The third-order valence-electron chi connectivity index (χ3n) is 4.82. The first-order chi connectivity index (χ1) is 10.1. The summed E-state index contributed by atoms with van der Waals surface area (Å²) < 4.78 is 18.8. The molecule has 4 unspecified atom stereocenters. The van der Waals surface area contributed by atoms with E-state index in [1.54, 1.807) is 6.07 Å². The molecule has 1 saturated heterocycles. The number of hydrogen-bond acceptors (Lipinski definition) is 4. The van der Waals surface area contributed by atoms with Crippen LogP contribution in [0.2, 0.25) is 0 Å². The molecule has 21 heavy (non-hydrogen) atoms. The lowest BCUT2D eigenvalue weighted by molar-refractivity contribution is -0.0605. The van der Waals surface area contributed by atoms with Gasteiger partial charge in [0.05, 0.1) is 30.6 Å². The van der Waals surface area contributed by atoms with E-state index in [4.69, 9.17) is 10.5 Å². The standard InChI is InChI=1S/C16H24FN3O/c1-11(16(18)13-6-5-12(17)9-19-13)10-20-7-8-21-15-4-2-3-14(15)20/h5-6,9,11,14-16H,2-4,7-8,10,18H2,1H3. The third-order valence-corrected chi connectivity index (χ3v) is 4.82. The lowest BCUT2D eigenvalue weighted by Crippen LogP contribution is -2.50. The molecule has 116 valence electrons. The van der Waals surface area contributed by atoms with Crippen molar-refractivity contribution in [2.75, 3.05) is 19.7 Å². The van der Waals surface area contributed by atoms with Crippen molar-refractivity contribution in [2.24, 2.45) is 11.7 Å². The normalized spacial score (nSPS) is 29.1. The molecule has 2 aliphatic rings. The summed E-state index contributed by atoms with van der Waals surface area (Å²) in [6.45, 7) is 4.90. The zero-order chi connectivity index (χ0) is 14.8. The number of halogens is 1. The highest BCUT2D eigenvalue weighted by Gasteiger charge is 2.36. The van der Waals surface area contributed by atoms with E-state index in [-0.39, 0.29) is 17.8 Å². The second kappa shape index (κ2) is 6.38. The fourth-order valence-electron chi connectivity index (χ4n) is 3.59. The molecule has 2 N–H and O–H groups in total. The molecule has 2 heterocycles. The van der Waals surface area contributed by atoms with Crippen LogP contribution in [-0.2, 0) is 4.74 Å². The average Bonchev–Trinajstić information content (AvgIpc) is 2.97. The molecule has 0 spiro atoms. The summed E-state index contributed by atoms with van der Waals surface area (Å²) in [4.78, 5) is 6.64. The Morgan fingerprint density at radius 2 is 2.33 bits per heavy atom. The van der Waals surface area contributed by atoms with Crippen LogP contribution in [0.3, 0.4) is 0 Å². The Morgan fingerprint density at radius 3 is 3.10 bits per heavy atom. The van der Waals surface area contributed by atoms with Crippen molar-refractivity contribution >= 4 is 0 Å². The monoisotopic (exact) mass is 293 g/mol. The van der Waals surface area contributed by atoms with E-state index in [2.05, 4.69) is 16.8 Å². The minimum atomic E-state index is -0.319. The van der Waals surface area contributed by atoms with Crippen molar-refractivity contribution in [1.29, 1.82) is 0 Å². The van der Waals surface area contributed by atoms with Crippen LogP contribution in [0.4, 0.5) is 4.39 Å². The second-order valence-electron chi connectivity index (χ2n) is 6.31. The van der Waals surface area contributed by atoms with Gasteiger partial charge < -0.3 is 10.5 Å². The third kappa shape index (κ3) is 3.25. The summed E-state index contributed by atoms with van der Waals surface area (Å²) in [5.74, 6) is -0.0390. The summed E-state index contributed by atoms with van der Waals surface area (Å²) in [5, 5.41) is 0. The van der Waals surface area contributed by atoms with Gasteiger partial charge in [-0.25, -0.2) is 4.39 Å². The van der Waals surface area contributed by atoms with Gasteiger partial charge in [0.25, 0.3) is 0 Å². The summed E-state index contributed by atoms with van der Waals surface area (Å²) in [7, 11) is 0. The first-order valence-corrected chi connectivity index (χ1v) is 7.88. The van der Waals surface area contributed by atoms with Crippen LogP contribution in [0.1, 0.15) is 37.9 Å². The number of morpholine rings is 1. The number of rotatable bonds is 4. The van der Waals surface area contributed by atoms with Crippen molar-refractivity contribution < 1.29 is 9.13 Å². The second-order valence-corrected chi connectivity index (χ2v) is 6.31. The summed E-state index contributed by atoms with van der Waals surface area (Å²) in [5.41, 5.74) is 7.06. The Kier molecular flexibility index (Phi) is 4.52. The minimum Gasteiger partial charge on any atom is -0.375 e. The number of nitrogens with two attached hydrogens (primary N) is 1. The van der Waals surface area contributed by atoms with Crippen molar-refractivity contribution in [3.05, 3.63) is 29.8 Å². The Bertz CT molecular complexity index is 467. The highest BCUT2D eigenvalue weighted by Crippen LogP contribution is 2.31. The lowest BCUT2D eigenvalue weighted by Gasteiger charge is -2.39. The molecule has 1 saturated carbocycles. The van der Waals surface area contributed by atoms with Crippen LogP contribution >= 0.6 is 0 Å². The van der Waals surface area contributed by atoms with Gasteiger partial charge in [-0.3, -0.25) is 9.88 Å². The molecular weight excluding hydrogens is 269 g/mol. The SMILES string of the molecule is CC(CN1CCOC2CCCC21)C(N)c1ccc(F)cn1. The molecule has 1 aliphatic carbocycles. The molecule has 0 radical (unpaired) electrons. The lowest BCUT2D eigenvalue weighted by atomic mass is 9.97. The fourth-order valence-corrected chi connectivity index (χ4v) is 3.59. The highest BCUT2D eigenvalue weighted by molar-refractivity contribution is 5.10. The summed E-state index contributed by atoms with van der Waals surface area (Å²) in [6, 6.07) is 3.51. The van der Waals surface area contributed by atoms with Gasteiger partial charge in [0, 0.05) is 19.1 Å². The predicted molar refractivity (Wildman–Crippen MR) is 79.2 cm³/mol. The number of aromatic nitrogens is 1. The van der Waals surface area contributed by atoms with E-state index < -0.39 is 0 Å². The van der Waals surface area contributed by atoms with Crippen LogP contribution in [-0.4, -0.2) is 41.7 Å². The first kappa shape index (κ1) is 14.9. The molecule has 5 heteroatoms. The van der Waals surface area contributed by atoms with Gasteiger partial charge in [-0.2, -0.15) is 0 Å². The molecule has 0 bridgehead atoms. The smallest absolute Gasteiger partial charge is 0.141 e. The average molecular weight is 293 g/mol. The Morgan fingerprint density at radius 1 is 1.48 bits per heavy atom. The topological polar surface area (TPSA) is 51.4 Å². The maximum absolute atomic E-state index is 12.9. The number of ether oxygens (including phenoxy) is 1. The first-order valence-electron chi connectivity index (χ1n) is 7.88. The maximum Gasteiger partial charge on any atom is 0.141 e. The van der Waals surface area contributed by atoms with Crippen LogP contribution in [0.25, 0.3) is 0 Å². The zero-order valence-corrected chi connectivity index (χ0v) is 12.5. The highest BCUT2D eigenvalue weighted by atomic mass is 19.1. The molecule has 4 atom stereocenters. The van der Waals surface area contributed by atoms with Crippen LogP contribution in [0.15, 0.2) is 18.3 Å². The van der Waals surface area contributed by atoms with Crippen LogP contribution in [0, 0.1) is 11.7 Å². The molecule has 2 fully saturated rings. The quantitative estimate of drug-likeness (QED) is 0.924. The number of fused-ring (bicyclic) bond motifs is 1. The van der Waals surface area contributed by atoms with E-state index in [0.29, 0.717) is 12.1 Å². The van der Waals surface area contributed by atoms with Gasteiger partial charge in [-0.05, 0) is 37.3 Å². The van der Waals surface area contributed by atoms with Crippen molar-refractivity contribution in [3.63, 3.8) is 0 Å². The van der Waals surface area contributed by atoms with E-state index >= 15 is 0 Å². The van der Waals surface area contributed by atoms with E-state index in [9.17, 15) is 4.39 Å². The minimum absolute atomic E-state index is 0.159.